The molecule has 0 aliphatic carbocycles. The third kappa shape index (κ3) is 4.21. The zero-order chi connectivity index (χ0) is 14.4. The second kappa shape index (κ2) is 6.87. The Balaban J connectivity index is 1.90. The minimum absolute atomic E-state index is 0.228. The quantitative estimate of drug-likeness (QED) is 0.852. The molecule has 0 aromatic heterocycles. The van der Waals surface area contributed by atoms with Crippen LogP contribution in [0.15, 0.2) is 54.6 Å². The lowest BCUT2D eigenvalue weighted by Gasteiger charge is -2.02. The maximum Gasteiger partial charge on any atom is 0.244 e. The molecule has 0 radical (unpaired) electrons. The number of benzene rings is 2. The standard InChI is InChI=1S/C16H13ClFNO/c17-15-4-2-1-3-13(15)7-10-16(20)19-11-12-5-8-14(18)9-6-12/h1-10H,11H2,(H,19,20). The maximum absolute atomic E-state index is 12.7. The highest BCUT2D eigenvalue weighted by atomic mass is 35.5. The fourth-order valence-corrected chi connectivity index (χ4v) is 1.82. The van der Waals surface area contributed by atoms with Gasteiger partial charge in [0.1, 0.15) is 5.82 Å². The molecule has 0 unspecified atom stereocenters. The normalized spacial score (nSPS) is 10.7. The van der Waals surface area contributed by atoms with Crippen LogP contribution in [0.5, 0.6) is 0 Å². The summed E-state index contributed by atoms with van der Waals surface area (Å²) in [6.45, 7) is 0.353. The van der Waals surface area contributed by atoms with Crippen molar-refractivity contribution in [3.8, 4) is 0 Å². The summed E-state index contributed by atoms with van der Waals surface area (Å²) in [6, 6.07) is 13.3. The van der Waals surface area contributed by atoms with Gasteiger partial charge in [0.25, 0.3) is 0 Å². The van der Waals surface area contributed by atoms with Gasteiger partial charge in [-0.25, -0.2) is 4.39 Å². The first-order valence-corrected chi connectivity index (χ1v) is 6.48. The van der Waals surface area contributed by atoms with Crippen LogP contribution in [-0.4, -0.2) is 5.91 Å². The fourth-order valence-electron chi connectivity index (χ4n) is 1.63. The number of nitrogens with one attached hydrogen (secondary N) is 1. The molecule has 2 aromatic rings. The Morgan fingerprint density at radius 3 is 2.55 bits per heavy atom. The minimum atomic E-state index is -0.293. The van der Waals surface area contributed by atoms with E-state index in [9.17, 15) is 9.18 Å². The SMILES string of the molecule is O=C(C=Cc1ccccc1Cl)NCc1ccc(F)cc1. The summed E-state index contributed by atoms with van der Waals surface area (Å²) in [7, 11) is 0. The van der Waals surface area contributed by atoms with E-state index < -0.39 is 0 Å². The molecule has 0 aliphatic rings. The third-order valence-corrected chi connectivity index (χ3v) is 3.04. The van der Waals surface area contributed by atoms with Crippen LogP contribution >= 0.6 is 11.6 Å². The second-order valence-electron chi connectivity index (χ2n) is 4.20. The monoisotopic (exact) mass is 289 g/mol. The van der Waals surface area contributed by atoms with Crippen molar-refractivity contribution in [1.82, 2.24) is 5.32 Å². The number of carbonyl (C=O) groups is 1. The molecule has 0 saturated heterocycles. The fraction of sp³-hybridized carbons (Fsp3) is 0.0625. The third-order valence-electron chi connectivity index (χ3n) is 2.70. The van der Waals surface area contributed by atoms with Crippen LogP contribution in [0.2, 0.25) is 5.02 Å². The van der Waals surface area contributed by atoms with Gasteiger partial charge in [0.05, 0.1) is 0 Å². The second-order valence-corrected chi connectivity index (χ2v) is 4.61. The van der Waals surface area contributed by atoms with Gasteiger partial charge in [-0.3, -0.25) is 4.79 Å². The Morgan fingerprint density at radius 1 is 1.15 bits per heavy atom. The van der Waals surface area contributed by atoms with E-state index in [0.717, 1.165) is 11.1 Å². The number of amides is 1. The molecule has 2 rings (SSSR count). The summed E-state index contributed by atoms with van der Waals surface area (Å²) in [5.41, 5.74) is 1.62. The summed E-state index contributed by atoms with van der Waals surface area (Å²) in [6.07, 6.45) is 3.08. The van der Waals surface area contributed by atoms with E-state index in [1.165, 1.54) is 18.2 Å². The Hall–Kier alpha value is -2.13. The van der Waals surface area contributed by atoms with Crippen LogP contribution in [0, 0.1) is 5.82 Å². The van der Waals surface area contributed by atoms with Crippen molar-refractivity contribution in [3.63, 3.8) is 0 Å². The average molecular weight is 290 g/mol. The molecule has 0 fully saturated rings. The lowest BCUT2D eigenvalue weighted by molar-refractivity contribution is -0.116. The molecule has 0 saturated carbocycles. The summed E-state index contributed by atoms with van der Waals surface area (Å²) in [4.78, 5) is 11.7. The van der Waals surface area contributed by atoms with Gasteiger partial charge in [-0.2, -0.15) is 0 Å². The van der Waals surface area contributed by atoms with E-state index in [2.05, 4.69) is 5.32 Å². The van der Waals surface area contributed by atoms with Gasteiger partial charge in [0.2, 0.25) is 5.91 Å². The van der Waals surface area contributed by atoms with Gasteiger partial charge in [-0.1, -0.05) is 41.9 Å². The smallest absolute Gasteiger partial charge is 0.244 e. The first kappa shape index (κ1) is 14.3. The van der Waals surface area contributed by atoms with E-state index in [0.29, 0.717) is 11.6 Å². The Kier molecular flexibility index (Phi) is 4.91. The Labute approximate surface area is 121 Å². The van der Waals surface area contributed by atoms with Crippen molar-refractivity contribution >= 4 is 23.6 Å². The van der Waals surface area contributed by atoms with Crippen molar-refractivity contribution in [2.24, 2.45) is 0 Å². The molecule has 0 aliphatic heterocycles. The van der Waals surface area contributed by atoms with Gasteiger partial charge in [0.15, 0.2) is 0 Å². The number of rotatable bonds is 4. The van der Waals surface area contributed by atoms with Gasteiger partial charge >= 0.3 is 0 Å². The van der Waals surface area contributed by atoms with Crippen molar-refractivity contribution in [1.29, 1.82) is 0 Å². The predicted molar refractivity (Wildman–Crippen MR) is 78.7 cm³/mol. The first-order valence-electron chi connectivity index (χ1n) is 6.10. The van der Waals surface area contributed by atoms with E-state index in [1.54, 1.807) is 24.3 Å². The first-order chi connectivity index (χ1) is 9.65. The highest BCUT2D eigenvalue weighted by Gasteiger charge is 1.99. The Morgan fingerprint density at radius 2 is 1.85 bits per heavy atom. The molecule has 102 valence electrons. The zero-order valence-corrected chi connectivity index (χ0v) is 11.4. The average Bonchev–Trinajstić information content (AvgIpc) is 2.46. The lowest BCUT2D eigenvalue weighted by atomic mass is 10.2. The molecule has 2 aromatic carbocycles. The van der Waals surface area contributed by atoms with Crippen molar-refractivity contribution in [2.45, 2.75) is 6.54 Å². The van der Waals surface area contributed by atoms with Crippen molar-refractivity contribution < 1.29 is 9.18 Å². The molecule has 2 nitrogen and oxygen atoms in total. The number of hydrogen-bond acceptors (Lipinski definition) is 1. The summed E-state index contributed by atoms with van der Waals surface area (Å²) >= 11 is 5.98. The van der Waals surface area contributed by atoms with Gasteiger partial charge in [0, 0.05) is 17.6 Å². The summed E-state index contributed by atoms with van der Waals surface area (Å²) in [5.74, 6) is -0.520. The van der Waals surface area contributed by atoms with Gasteiger partial charge in [-0.05, 0) is 35.4 Å². The van der Waals surface area contributed by atoms with Gasteiger partial charge < -0.3 is 5.32 Å². The van der Waals surface area contributed by atoms with Crippen LogP contribution in [0.1, 0.15) is 11.1 Å². The summed E-state index contributed by atoms with van der Waals surface area (Å²) in [5, 5.41) is 3.31. The molecular formula is C16H13ClFNO. The molecule has 0 bridgehead atoms. The Bertz CT molecular complexity index is 623. The largest absolute Gasteiger partial charge is 0.348 e. The van der Waals surface area contributed by atoms with Crippen LogP contribution in [0.25, 0.3) is 6.08 Å². The van der Waals surface area contributed by atoms with Gasteiger partial charge in [-0.15, -0.1) is 0 Å². The van der Waals surface area contributed by atoms with E-state index in [1.807, 2.05) is 18.2 Å². The van der Waals surface area contributed by atoms with E-state index >= 15 is 0 Å². The number of carbonyl (C=O) groups excluding carboxylic acids is 1. The minimum Gasteiger partial charge on any atom is -0.348 e. The van der Waals surface area contributed by atoms with Crippen molar-refractivity contribution in [2.75, 3.05) is 0 Å². The van der Waals surface area contributed by atoms with Crippen molar-refractivity contribution in [3.05, 3.63) is 76.6 Å². The number of hydrogen-bond donors (Lipinski definition) is 1. The van der Waals surface area contributed by atoms with Crippen LogP contribution in [0.4, 0.5) is 4.39 Å². The molecule has 0 atom stereocenters. The molecule has 0 spiro atoms. The topological polar surface area (TPSA) is 29.1 Å². The maximum atomic E-state index is 12.7. The summed E-state index contributed by atoms with van der Waals surface area (Å²) < 4.78 is 12.7. The molecule has 1 amide bonds. The van der Waals surface area contributed by atoms with Crippen LogP contribution < -0.4 is 5.32 Å². The highest BCUT2D eigenvalue weighted by Crippen LogP contribution is 2.16. The molecule has 20 heavy (non-hydrogen) atoms. The molecule has 0 heterocycles. The number of halogens is 2. The lowest BCUT2D eigenvalue weighted by Crippen LogP contribution is -2.20. The van der Waals surface area contributed by atoms with E-state index in [-0.39, 0.29) is 11.7 Å². The molecule has 4 heteroatoms. The molecule has 1 N–H and O–H groups in total. The van der Waals surface area contributed by atoms with Crippen LogP contribution in [0.3, 0.4) is 0 Å². The predicted octanol–water partition coefficient (Wildman–Crippen LogP) is 3.81. The highest BCUT2D eigenvalue weighted by molar-refractivity contribution is 6.32. The molecular weight excluding hydrogens is 277 g/mol. The van der Waals surface area contributed by atoms with E-state index in [4.69, 9.17) is 11.6 Å². The zero-order valence-electron chi connectivity index (χ0n) is 10.6. The van der Waals surface area contributed by atoms with Crippen LogP contribution in [-0.2, 0) is 11.3 Å².